The van der Waals surface area contributed by atoms with Gasteiger partial charge in [0.1, 0.15) is 0 Å². The number of likely N-dealkylation sites (tertiary alicyclic amines) is 2. The highest BCUT2D eigenvalue weighted by Gasteiger charge is 2.29. The van der Waals surface area contributed by atoms with Gasteiger partial charge < -0.3 is 9.42 Å². The van der Waals surface area contributed by atoms with Gasteiger partial charge in [0.2, 0.25) is 17.6 Å². The van der Waals surface area contributed by atoms with Crippen molar-refractivity contribution in [1.82, 2.24) is 19.9 Å². The minimum atomic E-state index is 0.168. The summed E-state index contributed by atoms with van der Waals surface area (Å²) in [6.45, 7) is 4.29. The maximum atomic E-state index is 12.8. The van der Waals surface area contributed by atoms with E-state index in [1.165, 1.54) is 12.8 Å². The number of nitrogens with zero attached hydrogens (tertiary/aromatic N) is 4. The largest absolute Gasteiger partial charge is 0.342 e. The number of benzene rings is 1. The second kappa shape index (κ2) is 9.05. The monoisotopic (exact) mass is 402 g/mol. The lowest BCUT2D eigenvalue weighted by Gasteiger charge is -2.33. The van der Waals surface area contributed by atoms with Crippen LogP contribution in [0.2, 0.25) is 5.02 Å². The fourth-order valence-corrected chi connectivity index (χ4v) is 4.24. The predicted molar refractivity (Wildman–Crippen MR) is 108 cm³/mol. The molecule has 0 saturated carbocycles. The van der Waals surface area contributed by atoms with Gasteiger partial charge in [-0.25, -0.2) is 0 Å². The maximum absolute atomic E-state index is 12.8. The summed E-state index contributed by atoms with van der Waals surface area (Å²) in [4.78, 5) is 21.7. The van der Waals surface area contributed by atoms with Gasteiger partial charge in [0, 0.05) is 29.6 Å². The molecule has 2 saturated heterocycles. The van der Waals surface area contributed by atoms with Gasteiger partial charge >= 0.3 is 0 Å². The van der Waals surface area contributed by atoms with E-state index < -0.39 is 0 Å². The summed E-state index contributed by atoms with van der Waals surface area (Å²) in [6, 6.07) is 7.41. The highest BCUT2D eigenvalue weighted by Crippen LogP contribution is 2.24. The van der Waals surface area contributed by atoms with Crippen LogP contribution in [0.1, 0.15) is 44.4 Å². The van der Waals surface area contributed by atoms with Crippen LogP contribution < -0.4 is 0 Å². The summed E-state index contributed by atoms with van der Waals surface area (Å²) in [7, 11) is 0. The minimum Gasteiger partial charge on any atom is -0.342 e. The molecular formula is C21H27ClN4O2. The lowest BCUT2D eigenvalue weighted by molar-refractivity contribution is -0.137. The summed E-state index contributed by atoms with van der Waals surface area (Å²) >= 11 is 5.93. The van der Waals surface area contributed by atoms with E-state index in [4.69, 9.17) is 16.1 Å². The zero-order chi connectivity index (χ0) is 19.3. The van der Waals surface area contributed by atoms with E-state index in [1.807, 2.05) is 24.3 Å². The number of hydrogen-bond acceptors (Lipinski definition) is 5. The molecule has 2 aliphatic rings. The second-order valence-electron chi connectivity index (χ2n) is 7.81. The Morgan fingerprint density at radius 3 is 2.39 bits per heavy atom. The fourth-order valence-electron chi connectivity index (χ4n) is 4.11. The molecule has 2 aliphatic heterocycles. The first-order valence-corrected chi connectivity index (χ1v) is 10.7. The van der Waals surface area contributed by atoms with Crippen LogP contribution in [-0.2, 0) is 11.3 Å². The molecule has 28 heavy (non-hydrogen) atoms. The van der Waals surface area contributed by atoms with Crippen molar-refractivity contribution in [3.8, 4) is 11.4 Å². The smallest absolute Gasteiger partial charge is 0.241 e. The third kappa shape index (κ3) is 4.73. The summed E-state index contributed by atoms with van der Waals surface area (Å²) < 4.78 is 5.42. The van der Waals surface area contributed by atoms with Crippen molar-refractivity contribution in [2.45, 2.75) is 45.1 Å². The van der Waals surface area contributed by atoms with E-state index in [0.29, 0.717) is 29.2 Å². The number of piperidine rings is 1. The van der Waals surface area contributed by atoms with E-state index in [0.717, 1.165) is 57.4 Å². The molecule has 0 atom stereocenters. The van der Waals surface area contributed by atoms with Gasteiger partial charge in [-0.15, -0.1) is 0 Å². The van der Waals surface area contributed by atoms with Crippen LogP contribution in [0.4, 0.5) is 0 Å². The van der Waals surface area contributed by atoms with E-state index in [2.05, 4.69) is 19.9 Å². The Bertz CT molecular complexity index is 776. The molecule has 0 aliphatic carbocycles. The number of aromatic nitrogens is 2. The Hall–Kier alpha value is -1.92. The summed E-state index contributed by atoms with van der Waals surface area (Å²) in [5, 5.41) is 4.76. The normalized spacial score (nSPS) is 19.5. The number of halogens is 1. The Morgan fingerprint density at radius 1 is 1.04 bits per heavy atom. The first-order valence-electron chi connectivity index (χ1n) is 10.3. The van der Waals surface area contributed by atoms with Gasteiger partial charge in [-0.2, -0.15) is 4.98 Å². The average Bonchev–Trinajstić information content (AvgIpc) is 3.01. The molecule has 4 rings (SSSR count). The second-order valence-corrected chi connectivity index (χ2v) is 8.24. The number of carbonyl (C=O) groups excluding carboxylic acids is 1. The summed E-state index contributed by atoms with van der Waals surface area (Å²) in [6.07, 6.45) is 6.63. The van der Waals surface area contributed by atoms with E-state index >= 15 is 0 Å². The Labute approximate surface area is 170 Å². The molecule has 7 heteroatoms. The van der Waals surface area contributed by atoms with Crippen LogP contribution in [0.25, 0.3) is 11.4 Å². The number of hydrogen-bond donors (Lipinski definition) is 0. The average molecular weight is 403 g/mol. The third-order valence-corrected chi connectivity index (χ3v) is 6.04. The van der Waals surface area contributed by atoms with Crippen LogP contribution in [-0.4, -0.2) is 52.0 Å². The third-order valence-electron chi connectivity index (χ3n) is 5.78. The molecule has 0 N–H and O–H groups in total. The summed E-state index contributed by atoms with van der Waals surface area (Å²) in [5.74, 6) is 1.73. The first-order chi connectivity index (χ1) is 13.7. The topological polar surface area (TPSA) is 62.5 Å². The molecule has 0 radical (unpaired) electrons. The van der Waals surface area contributed by atoms with Crippen molar-refractivity contribution in [3.63, 3.8) is 0 Å². The Kier molecular flexibility index (Phi) is 6.27. The van der Waals surface area contributed by atoms with Crippen LogP contribution in [0.3, 0.4) is 0 Å². The maximum Gasteiger partial charge on any atom is 0.241 e. The number of amides is 1. The van der Waals surface area contributed by atoms with E-state index in [-0.39, 0.29) is 5.92 Å². The molecule has 6 nitrogen and oxygen atoms in total. The molecule has 3 heterocycles. The van der Waals surface area contributed by atoms with Crippen LogP contribution in [0.5, 0.6) is 0 Å². The highest BCUT2D eigenvalue weighted by atomic mass is 35.5. The molecule has 2 aromatic rings. The van der Waals surface area contributed by atoms with Gasteiger partial charge in [-0.3, -0.25) is 9.69 Å². The summed E-state index contributed by atoms with van der Waals surface area (Å²) in [5.41, 5.74) is 0.890. The Morgan fingerprint density at radius 2 is 1.71 bits per heavy atom. The molecular weight excluding hydrogens is 376 g/mol. The van der Waals surface area contributed by atoms with Crippen molar-refractivity contribution < 1.29 is 9.32 Å². The van der Waals surface area contributed by atoms with Crippen LogP contribution >= 0.6 is 11.6 Å². The molecule has 1 aromatic carbocycles. The van der Waals surface area contributed by atoms with E-state index in [1.54, 1.807) is 0 Å². The zero-order valence-electron chi connectivity index (χ0n) is 16.1. The van der Waals surface area contributed by atoms with Crippen molar-refractivity contribution in [2.75, 3.05) is 26.2 Å². The Balaban J connectivity index is 1.28. The van der Waals surface area contributed by atoms with Crippen LogP contribution in [0.15, 0.2) is 28.8 Å². The highest BCUT2D eigenvalue weighted by molar-refractivity contribution is 6.30. The van der Waals surface area contributed by atoms with E-state index in [9.17, 15) is 4.79 Å². The van der Waals surface area contributed by atoms with Crippen molar-refractivity contribution in [2.24, 2.45) is 5.92 Å². The lowest BCUT2D eigenvalue weighted by Crippen LogP contribution is -2.42. The fraction of sp³-hybridized carbons (Fsp3) is 0.571. The van der Waals surface area contributed by atoms with Gasteiger partial charge in [0.15, 0.2) is 0 Å². The van der Waals surface area contributed by atoms with Gasteiger partial charge in [-0.1, -0.05) is 29.6 Å². The zero-order valence-corrected chi connectivity index (χ0v) is 16.9. The molecule has 150 valence electrons. The van der Waals surface area contributed by atoms with Crippen molar-refractivity contribution in [3.05, 3.63) is 35.2 Å². The van der Waals surface area contributed by atoms with Gasteiger partial charge in [-0.05, 0) is 63.0 Å². The molecule has 0 spiro atoms. The lowest BCUT2D eigenvalue weighted by atomic mass is 9.95. The molecule has 1 aromatic heterocycles. The predicted octanol–water partition coefficient (Wildman–Crippen LogP) is 4.00. The number of rotatable bonds is 4. The first kappa shape index (κ1) is 19.4. The van der Waals surface area contributed by atoms with Gasteiger partial charge in [0.05, 0.1) is 6.54 Å². The SMILES string of the molecule is O=C(C1CCN(Cc2nc(-c3ccc(Cl)cc3)no2)CC1)N1CCCCCC1. The standard InChI is InChI=1S/C21H27ClN4O2/c22-18-7-5-16(6-8-18)20-23-19(28-24-20)15-25-13-9-17(10-14-25)21(27)26-11-3-1-2-4-12-26/h5-8,17H,1-4,9-15H2. The quantitative estimate of drug-likeness (QED) is 0.773. The molecule has 0 unspecified atom stereocenters. The van der Waals surface area contributed by atoms with Crippen LogP contribution in [0, 0.1) is 5.92 Å². The minimum absolute atomic E-state index is 0.168. The number of carbonyl (C=O) groups is 1. The van der Waals surface area contributed by atoms with Gasteiger partial charge in [0.25, 0.3) is 0 Å². The molecule has 2 fully saturated rings. The van der Waals surface area contributed by atoms with Crippen molar-refractivity contribution in [1.29, 1.82) is 0 Å². The van der Waals surface area contributed by atoms with Crippen molar-refractivity contribution >= 4 is 17.5 Å². The molecule has 0 bridgehead atoms. The molecule has 1 amide bonds.